The molecule has 0 saturated heterocycles. The van der Waals surface area contributed by atoms with E-state index in [1.165, 1.54) is 13.8 Å². The number of aliphatic imine (C=N–C) groups is 1. The summed E-state index contributed by atoms with van der Waals surface area (Å²) in [5.41, 5.74) is 16.0. The van der Waals surface area contributed by atoms with Crippen LogP contribution in [0.15, 0.2) is 4.99 Å². The van der Waals surface area contributed by atoms with Gasteiger partial charge in [-0.2, -0.15) is 0 Å². The number of hydrogen-bond donors (Lipinski definition) is 9. The Kier molecular flexibility index (Phi) is 13.0. The van der Waals surface area contributed by atoms with Gasteiger partial charge >= 0.3 is 11.9 Å². The van der Waals surface area contributed by atoms with Gasteiger partial charge in [-0.25, -0.2) is 4.79 Å². The summed E-state index contributed by atoms with van der Waals surface area (Å²) in [6.07, 6.45) is -1.78. The van der Waals surface area contributed by atoms with Gasteiger partial charge in [-0.3, -0.25) is 24.2 Å². The number of aliphatic hydroxyl groups is 1. The molecule has 0 saturated carbocycles. The number of aliphatic hydroxyl groups excluding tert-OH is 1. The van der Waals surface area contributed by atoms with E-state index >= 15 is 0 Å². The van der Waals surface area contributed by atoms with E-state index in [0.717, 1.165) is 0 Å². The van der Waals surface area contributed by atoms with E-state index < -0.39 is 66.4 Å². The molecule has 0 aromatic carbocycles. The van der Waals surface area contributed by atoms with Crippen molar-refractivity contribution in [2.75, 3.05) is 6.54 Å². The van der Waals surface area contributed by atoms with Gasteiger partial charge in [0.25, 0.3) is 0 Å². The molecule has 0 heterocycles. The van der Waals surface area contributed by atoms with Crippen LogP contribution < -0.4 is 33.2 Å². The van der Waals surface area contributed by atoms with Crippen molar-refractivity contribution >= 4 is 35.6 Å². The minimum Gasteiger partial charge on any atom is -0.481 e. The SMILES string of the molecule is CC(NC(=O)C(N)C(C)O)C(=O)NC(CCCN=C(N)N)C(=O)NC(CCC(=O)O)C(=O)O. The van der Waals surface area contributed by atoms with Crippen LogP contribution in [0.3, 0.4) is 0 Å². The molecule has 12 N–H and O–H groups in total. The van der Waals surface area contributed by atoms with Crippen molar-refractivity contribution in [1.29, 1.82) is 0 Å². The maximum Gasteiger partial charge on any atom is 0.326 e. The highest BCUT2D eigenvalue weighted by Gasteiger charge is 2.29. The lowest BCUT2D eigenvalue weighted by atomic mass is 10.1. The predicted octanol–water partition coefficient (Wildman–Crippen LogP) is -3.83. The van der Waals surface area contributed by atoms with Crippen LogP contribution in [0, 0.1) is 0 Å². The fourth-order valence-corrected chi connectivity index (χ4v) is 2.46. The van der Waals surface area contributed by atoms with Gasteiger partial charge in [0, 0.05) is 13.0 Å². The number of guanidine groups is 1. The number of aliphatic carboxylic acids is 2. The Hall–Kier alpha value is -3.46. The van der Waals surface area contributed by atoms with Crippen molar-refractivity contribution in [3.8, 4) is 0 Å². The molecular formula is C18H33N7O8. The molecule has 0 radical (unpaired) electrons. The smallest absolute Gasteiger partial charge is 0.326 e. The molecule has 5 unspecified atom stereocenters. The van der Waals surface area contributed by atoms with Gasteiger partial charge in [0.15, 0.2) is 5.96 Å². The number of carbonyl (C=O) groups is 5. The zero-order chi connectivity index (χ0) is 25.7. The van der Waals surface area contributed by atoms with E-state index in [0.29, 0.717) is 0 Å². The van der Waals surface area contributed by atoms with Crippen LogP contribution in [0.1, 0.15) is 39.5 Å². The number of rotatable bonds is 15. The second-order valence-corrected chi connectivity index (χ2v) is 7.34. The maximum absolute atomic E-state index is 12.6. The molecule has 0 aliphatic carbocycles. The monoisotopic (exact) mass is 475 g/mol. The number of hydrogen-bond acceptors (Lipinski definition) is 8. The Morgan fingerprint density at radius 1 is 0.879 bits per heavy atom. The molecule has 15 nitrogen and oxygen atoms in total. The zero-order valence-corrected chi connectivity index (χ0v) is 18.5. The number of nitrogens with two attached hydrogens (primary N) is 3. The summed E-state index contributed by atoms with van der Waals surface area (Å²) in [6.45, 7) is 2.75. The van der Waals surface area contributed by atoms with Gasteiger partial charge in [-0.05, 0) is 33.1 Å². The van der Waals surface area contributed by atoms with Crippen molar-refractivity contribution < 1.29 is 39.3 Å². The van der Waals surface area contributed by atoms with Gasteiger partial charge in [0.05, 0.1) is 6.10 Å². The van der Waals surface area contributed by atoms with Crippen molar-refractivity contribution in [1.82, 2.24) is 16.0 Å². The molecule has 3 amide bonds. The van der Waals surface area contributed by atoms with E-state index in [1.807, 2.05) is 0 Å². The molecular weight excluding hydrogens is 442 g/mol. The lowest BCUT2D eigenvalue weighted by Crippen LogP contribution is -2.57. The molecule has 5 atom stereocenters. The van der Waals surface area contributed by atoms with E-state index in [4.69, 9.17) is 22.3 Å². The van der Waals surface area contributed by atoms with E-state index in [-0.39, 0.29) is 31.8 Å². The van der Waals surface area contributed by atoms with E-state index in [9.17, 15) is 34.2 Å². The van der Waals surface area contributed by atoms with Gasteiger partial charge in [0.1, 0.15) is 24.2 Å². The molecule has 0 fully saturated rings. The number of carboxylic acid groups (broad SMARTS) is 2. The second kappa shape index (κ2) is 14.6. The molecule has 0 aliphatic heterocycles. The fraction of sp³-hybridized carbons (Fsp3) is 0.667. The predicted molar refractivity (Wildman–Crippen MR) is 116 cm³/mol. The zero-order valence-electron chi connectivity index (χ0n) is 18.5. The van der Waals surface area contributed by atoms with Crippen molar-refractivity contribution in [2.24, 2.45) is 22.2 Å². The highest BCUT2D eigenvalue weighted by atomic mass is 16.4. The summed E-state index contributed by atoms with van der Waals surface area (Å²) < 4.78 is 0. The van der Waals surface area contributed by atoms with Gasteiger partial charge in [0.2, 0.25) is 17.7 Å². The standard InChI is InChI=1S/C18H33N7O8/c1-8(23-16(31)13(19)9(2)26)14(29)24-10(4-3-7-22-18(20)21)15(30)25-11(17(32)33)5-6-12(27)28/h8-11,13,26H,3-7,19H2,1-2H3,(H,23,31)(H,24,29)(H,25,30)(H,27,28)(H,32,33)(H4,20,21,22). The molecule has 188 valence electrons. The number of nitrogens with one attached hydrogen (secondary N) is 3. The summed E-state index contributed by atoms with van der Waals surface area (Å²) >= 11 is 0. The van der Waals surface area contributed by atoms with Crippen LogP contribution in [0.2, 0.25) is 0 Å². The highest BCUT2D eigenvalue weighted by molar-refractivity contribution is 5.94. The Bertz CT molecular complexity index is 739. The third-order valence-electron chi connectivity index (χ3n) is 4.41. The Balaban J connectivity index is 5.29. The molecule has 0 aromatic heterocycles. The summed E-state index contributed by atoms with van der Waals surface area (Å²) in [4.78, 5) is 62.9. The first-order valence-corrected chi connectivity index (χ1v) is 10.1. The van der Waals surface area contributed by atoms with Gasteiger partial charge in [-0.1, -0.05) is 0 Å². The lowest BCUT2D eigenvalue weighted by Gasteiger charge is -2.24. The number of carbonyl (C=O) groups excluding carboxylic acids is 3. The second-order valence-electron chi connectivity index (χ2n) is 7.34. The number of nitrogens with zero attached hydrogens (tertiary/aromatic N) is 1. The minimum atomic E-state index is -1.49. The van der Waals surface area contributed by atoms with Gasteiger partial charge in [-0.15, -0.1) is 0 Å². The van der Waals surface area contributed by atoms with Crippen LogP contribution in [-0.4, -0.2) is 87.8 Å². The summed E-state index contributed by atoms with van der Waals surface area (Å²) in [5.74, 6) is -5.29. The summed E-state index contributed by atoms with van der Waals surface area (Å²) in [7, 11) is 0. The Labute approximate surface area is 190 Å². The molecule has 0 aliphatic rings. The molecule has 0 rings (SSSR count). The topological polar surface area (TPSA) is 273 Å². The van der Waals surface area contributed by atoms with Crippen molar-refractivity contribution in [2.45, 2.75) is 69.8 Å². The first-order chi connectivity index (χ1) is 15.3. The normalized spacial score (nSPS) is 15.2. The molecule has 0 spiro atoms. The molecule has 33 heavy (non-hydrogen) atoms. The third-order valence-corrected chi connectivity index (χ3v) is 4.41. The maximum atomic E-state index is 12.6. The van der Waals surface area contributed by atoms with Crippen LogP contribution in [0.4, 0.5) is 0 Å². The fourth-order valence-electron chi connectivity index (χ4n) is 2.46. The number of amides is 3. The summed E-state index contributed by atoms with van der Waals surface area (Å²) in [5, 5.41) is 34.3. The average molecular weight is 476 g/mol. The molecule has 15 heteroatoms. The first-order valence-electron chi connectivity index (χ1n) is 10.1. The van der Waals surface area contributed by atoms with Crippen LogP contribution in [0.25, 0.3) is 0 Å². The van der Waals surface area contributed by atoms with Crippen LogP contribution in [-0.2, 0) is 24.0 Å². The largest absolute Gasteiger partial charge is 0.481 e. The van der Waals surface area contributed by atoms with Gasteiger partial charge < -0.3 is 48.5 Å². The molecule has 0 bridgehead atoms. The first kappa shape index (κ1) is 29.5. The van der Waals surface area contributed by atoms with Crippen LogP contribution >= 0.6 is 0 Å². The molecule has 0 aromatic rings. The average Bonchev–Trinajstić information content (AvgIpc) is 2.71. The summed E-state index contributed by atoms with van der Waals surface area (Å²) in [6, 6.07) is -5.14. The van der Waals surface area contributed by atoms with Crippen molar-refractivity contribution in [3.63, 3.8) is 0 Å². The van der Waals surface area contributed by atoms with E-state index in [1.54, 1.807) is 0 Å². The van der Waals surface area contributed by atoms with Crippen LogP contribution in [0.5, 0.6) is 0 Å². The number of carboxylic acids is 2. The van der Waals surface area contributed by atoms with E-state index in [2.05, 4.69) is 20.9 Å². The Morgan fingerprint density at radius 2 is 1.45 bits per heavy atom. The Morgan fingerprint density at radius 3 is 1.94 bits per heavy atom. The minimum absolute atomic E-state index is 0.00742. The third kappa shape index (κ3) is 12.2. The highest BCUT2D eigenvalue weighted by Crippen LogP contribution is 2.04. The quantitative estimate of drug-likeness (QED) is 0.0628. The van der Waals surface area contributed by atoms with Crippen molar-refractivity contribution in [3.05, 3.63) is 0 Å². The lowest BCUT2D eigenvalue weighted by molar-refractivity contribution is -0.143.